The van der Waals surface area contributed by atoms with Crippen LogP contribution < -0.4 is 21.1 Å². The van der Waals surface area contributed by atoms with E-state index in [4.69, 9.17) is 0 Å². The highest BCUT2D eigenvalue weighted by molar-refractivity contribution is 5.58. The summed E-state index contributed by atoms with van der Waals surface area (Å²) in [5, 5.41) is 3.67. The standard InChI is InChI=1S/C17H28N4/c1-12(10-18-11-16-13(2)19-20-14(16)3)21-9-8-15-6-4-5-7-17(15)21/h4-7,12-14,16,18-20H,8-11H2,1-3H3. The summed E-state index contributed by atoms with van der Waals surface area (Å²) in [5.41, 5.74) is 9.57. The highest BCUT2D eigenvalue weighted by Gasteiger charge is 2.29. The van der Waals surface area contributed by atoms with Gasteiger partial charge in [-0.25, -0.2) is 0 Å². The van der Waals surface area contributed by atoms with Crippen LogP contribution >= 0.6 is 0 Å². The predicted octanol–water partition coefficient (Wildman–Crippen LogP) is 1.53. The quantitative estimate of drug-likeness (QED) is 0.768. The SMILES string of the molecule is CC1NNC(C)C1CNCC(C)N1CCc2ccccc21. The summed E-state index contributed by atoms with van der Waals surface area (Å²) in [7, 11) is 0. The Labute approximate surface area is 128 Å². The Morgan fingerprint density at radius 3 is 2.71 bits per heavy atom. The maximum Gasteiger partial charge on any atom is 0.0402 e. The van der Waals surface area contributed by atoms with Crippen molar-refractivity contribution in [2.24, 2.45) is 5.92 Å². The summed E-state index contributed by atoms with van der Waals surface area (Å²) in [6.07, 6.45) is 1.19. The number of hydrazine groups is 1. The zero-order valence-corrected chi connectivity index (χ0v) is 13.4. The van der Waals surface area contributed by atoms with E-state index < -0.39 is 0 Å². The topological polar surface area (TPSA) is 39.3 Å². The lowest BCUT2D eigenvalue weighted by Crippen LogP contribution is -2.43. The summed E-state index contributed by atoms with van der Waals surface area (Å²) in [5.74, 6) is 0.656. The molecule has 0 bridgehead atoms. The number of fused-ring (bicyclic) bond motifs is 1. The van der Waals surface area contributed by atoms with Crippen LogP contribution in [0.1, 0.15) is 26.3 Å². The fourth-order valence-corrected chi connectivity index (χ4v) is 3.65. The van der Waals surface area contributed by atoms with Gasteiger partial charge in [0.2, 0.25) is 0 Å². The van der Waals surface area contributed by atoms with Gasteiger partial charge in [0.1, 0.15) is 0 Å². The molecule has 2 heterocycles. The molecule has 4 heteroatoms. The van der Waals surface area contributed by atoms with Gasteiger partial charge in [-0.05, 0) is 38.8 Å². The fraction of sp³-hybridized carbons (Fsp3) is 0.647. The van der Waals surface area contributed by atoms with Crippen molar-refractivity contribution in [2.75, 3.05) is 24.5 Å². The molecular formula is C17H28N4. The summed E-state index contributed by atoms with van der Waals surface area (Å²) >= 11 is 0. The van der Waals surface area contributed by atoms with Crippen molar-refractivity contribution >= 4 is 5.69 Å². The first-order chi connectivity index (χ1) is 10.2. The van der Waals surface area contributed by atoms with E-state index in [0.717, 1.165) is 19.6 Å². The molecule has 3 N–H and O–H groups in total. The third kappa shape index (κ3) is 3.07. The zero-order valence-electron chi connectivity index (χ0n) is 13.4. The van der Waals surface area contributed by atoms with Crippen LogP contribution in [0, 0.1) is 5.92 Å². The highest BCUT2D eigenvalue weighted by Crippen LogP contribution is 2.28. The van der Waals surface area contributed by atoms with Crippen LogP contribution in [0.5, 0.6) is 0 Å². The number of benzene rings is 1. The molecule has 2 aliphatic heterocycles. The van der Waals surface area contributed by atoms with Gasteiger partial charge in [0.15, 0.2) is 0 Å². The summed E-state index contributed by atoms with van der Waals surface area (Å²) < 4.78 is 0. The van der Waals surface area contributed by atoms with Gasteiger partial charge in [-0.3, -0.25) is 10.9 Å². The third-order valence-corrected chi connectivity index (χ3v) is 5.10. The number of nitrogens with one attached hydrogen (secondary N) is 3. The first-order valence-corrected chi connectivity index (χ1v) is 8.23. The van der Waals surface area contributed by atoms with Gasteiger partial charge in [0, 0.05) is 49.4 Å². The molecule has 2 aliphatic rings. The van der Waals surface area contributed by atoms with Crippen molar-refractivity contribution in [1.82, 2.24) is 16.2 Å². The number of para-hydroxylation sites is 1. The molecule has 3 atom stereocenters. The van der Waals surface area contributed by atoms with E-state index in [-0.39, 0.29) is 0 Å². The smallest absolute Gasteiger partial charge is 0.0402 e. The minimum Gasteiger partial charge on any atom is -0.367 e. The van der Waals surface area contributed by atoms with Crippen molar-refractivity contribution in [1.29, 1.82) is 0 Å². The lowest BCUT2D eigenvalue weighted by Gasteiger charge is -2.28. The molecule has 0 amide bonds. The van der Waals surface area contributed by atoms with E-state index in [9.17, 15) is 0 Å². The molecule has 21 heavy (non-hydrogen) atoms. The maximum absolute atomic E-state index is 3.67. The summed E-state index contributed by atoms with van der Waals surface area (Å²) in [4.78, 5) is 2.54. The molecule has 0 aliphatic carbocycles. The lowest BCUT2D eigenvalue weighted by molar-refractivity contribution is 0.405. The second-order valence-corrected chi connectivity index (χ2v) is 6.61. The minimum absolute atomic E-state index is 0.537. The molecule has 0 spiro atoms. The van der Waals surface area contributed by atoms with Gasteiger partial charge in [-0.2, -0.15) is 0 Å². The van der Waals surface area contributed by atoms with Crippen molar-refractivity contribution in [3.8, 4) is 0 Å². The normalized spacial score (nSPS) is 29.7. The first kappa shape index (κ1) is 14.8. The van der Waals surface area contributed by atoms with Crippen LogP contribution in [-0.4, -0.2) is 37.8 Å². The second kappa shape index (κ2) is 6.34. The van der Waals surface area contributed by atoms with Crippen molar-refractivity contribution in [3.05, 3.63) is 29.8 Å². The Morgan fingerprint density at radius 1 is 1.24 bits per heavy atom. The summed E-state index contributed by atoms with van der Waals surface area (Å²) in [6.45, 7) is 10.1. The lowest BCUT2D eigenvalue weighted by atomic mass is 9.97. The molecule has 0 saturated carbocycles. The van der Waals surface area contributed by atoms with Crippen LogP contribution in [0.3, 0.4) is 0 Å². The number of nitrogens with zero attached hydrogens (tertiary/aromatic N) is 1. The zero-order chi connectivity index (χ0) is 14.8. The van der Waals surface area contributed by atoms with Gasteiger partial charge in [0.25, 0.3) is 0 Å². The Morgan fingerprint density at radius 2 is 1.95 bits per heavy atom. The average molecular weight is 288 g/mol. The van der Waals surface area contributed by atoms with E-state index in [1.54, 1.807) is 0 Å². The van der Waals surface area contributed by atoms with Gasteiger partial charge in [-0.15, -0.1) is 0 Å². The van der Waals surface area contributed by atoms with E-state index in [0.29, 0.717) is 24.0 Å². The molecule has 1 aromatic rings. The Balaban J connectivity index is 1.50. The molecule has 1 fully saturated rings. The monoisotopic (exact) mass is 288 g/mol. The first-order valence-electron chi connectivity index (χ1n) is 8.23. The van der Waals surface area contributed by atoms with E-state index in [1.165, 1.54) is 17.7 Å². The molecule has 3 rings (SSSR count). The number of hydrogen-bond donors (Lipinski definition) is 3. The van der Waals surface area contributed by atoms with Gasteiger partial charge >= 0.3 is 0 Å². The van der Waals surface area contributed by atoms with Crippen molar-refractivity contribution in [2.45, 2.75) is 45.3 Å². The van der Waals surface area contributed by atoms with Gasteiger partial charge in [-0.1, -0.05) is 18.2 Å². The number of anilines is 1. The highest BCUT2D eigenvalue weighted by atomic mass is 15.4. The molecule has 0 aromatic heterocycles. The van der Waals surface area contributed by atoms with Crippen LogP contribution in [0.25, 0.3) is 0 Å². The van der Waals surface area contributed by atoms with Crippen LogP contribution in [0.4, 0.5) is 5.69 Å². The van der Waals surface area contributed by atoms with E-state index in [1.807, 2.05) is 0 Å². The fourth-order valence-electron chi connectivity index (χ4n) is 3.65. The van der Waals surface area contributed by atoms with Crippen LogP contribution in [0.2, 0.25) is 0 Å². The van der Waals surface area contributed by atoms with Crippen molar-refractivity contribution < 1.29 is 0 Å². The Kier molecular flexibility index (Phi) is 4.48. The molecule has 0 radical (unpaired) electrons. The number of rotatable bonds is 5. The predicted molar refractivity (Wildman–Crippen MR) is 88.5 cm³/mol. The molecule has 1 saturated heterocycles. The van der Waals surface area contributed by atoms with Crippen LogP contribution in [-0.2, 0) is 6.42 Å². The average Bonchev–Trinajstić information content (AvgIpc) is 3.05. The van der Waals surface area contributed by atoms with E-state index in [2.05, 4.69) is 66.1 Å². The van der Waals surface area contributed by atoms with Crippen LogP contribution in [0.15, 0.2) is 24.3 Å². The summed E-state index contributed by atoms with van der Waals surface area (Å²) in [6, 6.07) is 10.4. The molecule has 3 unspecified atom stereocenters. The second-order valence-electron chi connectivity index (χ2n) is 6.61. The molecule has 4 nitrogen and oxygen atoms in total. The molecule has 116 valence electrons. The Bertz CT molecular complexity index is 466. The largest absolute Gasteiger partial charge is 0.367 e. The van der Waals surface area contributed by atoms with E-state index >= 15 is 0 Å². The maximum atomic E-state index is 3.67. The minimum atomic E-state index is 0.537. The van der Waals surface area contributed by atoms with Gasteiger partial charge in [0.05, 0.1) is 0 Å². The molecular weight excluding hydrogens is 260 g/mol. The Hall–Kier alpha value is -1.10. The molecule has 1 aromatic carbocycles. The third-order valence-electron chi connectivity index (χ3n) is 5.10. The van der Waals surface area contributed by atoms with Crippen molar-refractivity contribution in [3.63, 3.8) is 0 Å². The number of hydrogen-bond acceptors (Lipinski definition) is 4. The van der Waals surface area contributed by atoms with Gasteiger partial charge < -0.3 is 10.2 Å².